The summed E-state index contributed by atoms with van der Waals surface area (Å²) in [5.41, 5.74) is 4.68. The van der Waals surface area contributed by atoms with Gasteiger partial charge in [0.2, 0.25) is 0 Å². The van der Waals surface area contributed by atoms with Crippen molar-refractivity contribution in [2.45, 2.75) is 27.3 Å². The van der Waals surface area contributed by atoms with E-state index in [1.54, 1.807) is 16.8 Å². The van der Waals surface area contributed by atoms with Crippen LogP contribution in [0.4, 0.5) is 5.82 Å². The molecule has 0 aliphatic heterocycles. The second-order valence-electron chi connectivity index (χ2n) is 6.32. The molecule has 0 spiro atoms. The maximum absolute atomic E-state index is 12.5. The third-order valence-electron chi connectivity index (χ3n) is 4.33. The summed E-state index contributed by atoms with van der Waals surface area (Å²) in [5, 5.41) is 8.50. The van der Waals surface area contributed by atoms with Gasteiger partial charge in [-0.3, -0.25) is 9.48 Å². The SMILES string of the molecule is Cc1ccc(C(=O)Nc2cc(C)n(Cc3ccc(Cl)cc3Cl)n2)cc1C. The third kappa shape index (κ3) is 4.09. The lowest BCUT2D eigenvalue weighted by Crippen LogP contribution is -2.13. The maximum atomic E-state index is 12.5. The minimum Gasteiger partial charge on any atom is -0.305 e. The first-order valence-corrected chi connectivity index (χ1v) is 8.96. The number of hydrogen-bond donors (Lipinski definition) is 1. The van der Waals surface area contributed by atoms with Crippen molar-refractivity contribution < 1.29 is 4.79 Å². The normalized spacial score (nSPS) is 10.8. The molecule has 1 heterocycles. The molecular weight excluding hydrogens is 369 g/mol. The molecule has 2 aromatic carbocycles. The van der Waals surface area contributed by atoms with Crippen LogP contribution in [0.15, 0.2) is 42.5 Å². The Bertz CT molecular complexity index is 979. The van der Waals surface area contributed by atoms with Crippen LogP contribution in [0.1, 0.15) is 32.7 Å². The summed E-state index contributed by atoms with van der Waals surface area (Å²) >= 11 is 12.2. The molecule has 0 aliphatic rings. The van der Waals surface area contributed by atoms with Crippen LogP contribution in [0.5, 0.6) is 0 Å². The van der Waals surface area contributed by atoms with Crippen LogP contribution in [-0.2, 0) is 6.54 Å². The number of aromatic nitrogens is 2. The first-order valence-electron chi connectivity index (χ1n) is 8.20. The molecule has 0 saturated heterocycles. The van der Waals surface area contributed by atoms with Crippen LogP contribution < -0.4 is 5.32 Å². The predicted octanol–water partition coefficient (Wildman–Crippen LogP) is 5.42. The molecule has 0 aliphatic carbocycles. The van der Waals surface area contributed by atoms with Crippen molar-refractivity contribution in [1.29, 1.82) is 0 Å². The number of rotatable bonds is 4. The minimum absolute atomic E-state index is 0.178. The monoisotopic (exact) mass is 387 g/mol. The number of benzene rings is 2. The molecule has 0 fully saturated rings. The van der Waals surface area contributed by atoms with Crippen molar-refractivity contribution in [2.24, 2.45) is 0 Å². The maximum Gasteiger partial charge on any atom is 0.256 e. The highest BCUT2D eigenvalue weighted by Crippen LogP contribution is 2.23. The summed E-state index contributed by atoms with van der Waals surface area (Å²) in [4.78, 5) is 12.5. The van der Waals surface area contributed by atoms with Gasteiger partial charge in [0.15, 0.2) is 5.82 Å². The van der Waals surface area contributed by atoms with Gasteiger partial charge in [-0.1, -0.05) is 35.3 Å². The highest BCUT2D eigenvalue weighted by Gasteiger charge is 2.12. The average molecular weight is 388 g/mol. The van der Waals surface area contributed by atoms with Gasteiger partial charge in [-0.05, 0) is 61.7 Å². The topological polar surface area (TPSA) is 46.9 Å². The molecule has 0 unspecified atom stereocenters. The van der Waals surface area contributed by atoms with E-state index in [-0.39, 0.29) is 5.91 Å². The number of carbonyl (C=O) groups is 1. The molecule has 26 heavy (non-hydrogen) atoms. The minimum atomic E-state index is -0.178. The first kappa shape index (κ1) is 18.5. The number of nitrogens with one attached hydrogen (secondary N) is 1. The molecule has 0 bridgehead atoms. The van der Waals surface area contributed by atoms with Crippen molar-refractivity contribution in [2.75, 3.05) is 5.32 Å². The number of anilines is 1. The Morgan fingerprint density at radius 3 is 2.50 bits per heavy atom. The van der Waals surface area contributed by atoms with E-state index in [1.807, 2.05) is 51.1 Å². The number of amides is 1. The van der Waals surface area contributed by atoms with Gasteiger partial charge in [0.1, 0.15) is 0 Å². The molecule has 1 amide bonds. The van der Waals surface area contributed by atoms with Crippen molar-refractivity contribution in [3.63, 3.8) is 0 Å². The number of carbonyl (C=O) groups excluding carboxylic acids is 1. The molecule has 0 atom stereocenters. The first-order chi connectivity index (χ1) is 12.3. The number of hydrogen-bond acceptors (Lipinski definition) is 2. The van der Waals surface area contributed by atoms with Crippen molar-refractivity contribution >= 4 is 34.9 Å². The van der Waals surface area contributed by atoms with E-state index in [9.17, 15) is 4.79 Å². The van der Waals surface area contributed by atoms with Gasteiger partial charge in [-0.15, -0.1) is 0 Å². The number of aryl methyl sites for hydroxylation is 3. The molecule has 1 aromatic heterocycles. The van der Waals surface area contributed by atoms with Crippen LogP contribution in [-0.4, -0.2) is 15.7 Å². The highest BCUT2D eigenvalue weighted by molar-refractivity contribution is 6.35. The predicted molar refractivity (Wildman–Crippen MR) is 106 cm³/mol. The summed E-state index contributed by atoms with van der Waals surface area (Å²) < 4.78 is 1.80. The molecule has 134 valence electrons. The zero-order chi connectivity index (χ0) is 18.8. The molecular formula is C20H19Cl2N3O. The fourth-order valence-corrected chi connectivity index (χ4v) is 3.08. The van der Waals surface area contributed by atoms with Crippen LogP contribution >= 0.6 is 23.2 Å². The lowest BCUT2D eigenvalue weighted by molar-refractivity contribution is 0.102. The molecule has 3 rings (SSSR count). The van der Waals surface area contributed by atoms with E-state index < -0.39 is 0 Å². The Balaban J connectivity index is 1.77. The smallest absolute Gasteiger partial charge is 0.256 e. The molecule has 4 nitrogen and oxygen atoms in total. The quantitative estimate of drug-likeness (QED) is 0.649. The van der Waals surface area contributed by atoms with Crippen molar-refractivity contribution in [3.05, 3.63) is 80.5 Å². The summed E-state index contributed by atoms with van der Waals surface area (Å²) in [6, 6.07) is 12.8. The van der Waals surface area contributed by atoms with Gasteiger partial charge >= 0.3 is 0 Å². The second-order valence-corrected chi connectivity index (χ2v) is 7.16. The molecule has 0 radical (unpaired) electrons. The Morgan fingerprint density at radius 1 is 1.04 bits per heavy atom. The standard InChI is InChI=1S/C20H19Cl2N3O/c1-12-4-5-15(8-13(12)2)20(26)23-19-9-14(3)25(24-19)11-16-6-7-17(21)10-18(16)22/h4-10H,11H2,1-3H3,(H,23,24,26). The summed E-state index contributed by atoms with van der Waals surface area (Å²) in [5.74, 6) is 0.332. The Hall–Kier alpha value is -2.30. The van der Waals surface area contributed by atoms with Gasteiger partial charge in [-0.2, -0.15) is 5.10 Å². The lowest BCUT2D eigenvalue weighted by atomic mass is 10.1. The van der Waals surface area contributed by atoms with E-state index >= 15 is 0 Å². The summed E-state index contributed by atoms with van der Waals surface area (Å²) in [6.45, 7) is 6.44. The zero-order valence-corrected chi connectivity index (χ0v) is 16.3. The van der Waals surface area contributed by atoms with Gasteiger partial charge in [0.05, 0.1) is 6.54 Å². The molecule has 3 aromatic rings. The summed E-state index contributed by atoms with van der Waals surface area (Å²) in [6.07, 6.45) is 0. The zero-order valence-electron chi connectivity index (χ0n) is 14.8. The number of nitrogens with zero attached hydrogens (tertiary/aromatic N) is 2. The van der Waals surface area contributed by atoms with E-state index in [0.717, 1.165) is 22.4 Å². The van der Waals surface area contributed by atoms with Crippen molar-refractivity contribution in [1.82, 2.24) is 9.78 Å². The summed E-state index contributed by atoms with van der Waals surface area (Å²) in [7, 11) is 0. The van der Waals surface area contributed by atoms with Crippen LogP contribution in [0, 0.1) is 20.8 Å². The highest BCUT2D eigenvalue weighted by atomic mass is 35.5. The van der Waals surface area contributed by atoms with Crippen LogP contribution in [0.2, 0.25) is 10.0 Å². The molecule has 0 saturated carbocycles. The fourth-order valence-electron chi connectivity index (χ4n) is 2.61. The second kappa shape index (κ2) is 7.52. The van der Waals surface area contributed by atoms with Gasteiger partial charge in [0.25, 0.3) is 5.91 Å². The lowest BCUT2D eigenvalue weighted by Gasteiger charge is -2.07. The van der Waals surface area contributed by atoms with Crippen LogP contribution in [0.3, 0.4) is 0 Å². The van der Waals surface area contributed by atoms with E-state index in [4.69, 9.17) is 23.2 Å². The van der Waals surface area contributed by atoms with E-state index in [2.05, 4.69) is 10.4 Å². The Kier molecular flexibility index (Phi) is 5.35. The average Bonchev–Trinajstić information content (AvgIpc) is 2.92. The van der Waals surface area contributed by atoms with Crippen molar-refractivity contribution in [3.8, 4) is 0 Å². The number of halogens is 2. The Labute approximate surface area is 162 Å². The van der Waals surface area contributed by atoms with E-state index in [1.165, 1.54) is 0 Å². The fraction of sp³-hybridized carbons (Fsp3) is 0.200. The largest absolute Gasteiger partial charge is 0.305 e. The van der Waals surface area contributed by atoms with Crippen LogP contribution in [0.25, 0.3) is 0 Å². The van der Waals surface area contributed by atoms with Gasteiger partial charge < -0.3 is 5.32 Å². The molecule has 6 heteroatoms. The Morgan fingerprint density at radius 2 is 1.81 bits per heavy atom. The molecule has 1 N–H and O–H groups in total. The van der Waals surface area contributed by atoms with Gasteiger partial charge in [-0.25, -0.2) is 0 Å². The third-order valence-corrected chi connectivity index (χ3v) is 4.91. The van der Waals surface area contributed by atoms with Gasteiger partial charge in [0, 0.05) is 27.4 Å². The van der Waals surface area contributed by atoms with E-state index in [0.29, 0.717) is 28.0 Å².